The maximum Gasteiger partial charge on any atom is 0.255 e. The molecule has 0 aromatic heterocycles. The fourth-order valence-electron chi connectivity index (χ4n) is 4.52. The summed E-state index contributed by atoms with van der Waals surface area (Å²) in [7, 11) is -2.26. The van der Waals surface area contributed by atoms with Crippen LogP contribution in [-0.4, -0.2) is 44.5 Å². The molecule has 1 N–H and O–H groups in total. The van der Waals surface area contributed by atoms with E-state index in [0.717, 1.165) is 49.0 Å². The number of sulfonamides is 1. The number of methoxy groups -OCH3 is 1. The summed E-state index contributed by atoms with van der Waals surface area (Å²) >= 11 is 0. The maximum atomic E-state index is 13.8. The summed E-state index contributed by atoms with van der Waals surface area (Å²) in [6.45, 7) is 5.31. The first-order chi connectivity index (χ1) is 15.7. The summed E-state index contributed by atoms with van der Waals surface area (Å²) < 4.78 is 34.1. The molecule has 0 heterocycles. The Morgan fingerprint density at radius 2 is 1.70 bits per heavy atom. The largest absolute Gasteiger partial charge is 0.497 e. The highest BCUT2D eigenvalue weighted by Gasteiger charge is 2.35. The molecule has 1 fully saturated rings. The number of hydrazone groups is 1. The lowest BCUT2D eigenvalue weighted by Crippen LogP contribution is -2.46. The van der Waals surface area contributed by atoms with Crippen LogP contribution in [0.25, 0.3) is 0 Å². The standard InChI is InChI=1S/C25H33N3O4S/c1-18-14-19(2)25(20(3)15-18)33(30,31)28(22-8-6-5-7-9-22)17-24(29)27-26-16-21-10-12-23(32-4)13-11-21/h10-16,22H,5-9,17H2,1-4H3,(H,27,29). The van der Waals surface area contributed by atoms with Crippen molar-refractivity contribution in [2.45, 2.75) is 63.8 Å². The van der Waals surface area contributed by atoms with Gasteiger partial charge in [0.25, 0.3) is 5.91 Å². The zero-order valence-corrected chi connectivity index (χ0v) is 20.6. The number of ether oxygens (including phenoxy) is 1. The number of nitrogens with one attached hydrogen (secondary N) is 1. The molecule has 3 rings (SSSR count). The van der Waals surface area contributed by atoms with Gasteiger partial charge >= 0.3 is 0 Å². The van der Waals surface area contributed by atoms with E-state index in [0.29, 0.717) is 16.0 Å². The minimum absolute atomic E-state index is 0.194. The van der Waals surface area contributed by atoms with Crippen LogP contribution in [0.2, 0.25) is 0 Å². The Balaban J connectivity index is 1.80. The molecular weight excluding hydrogens is 438 g/mol. The minimum atomic E-state index is -3.85. The van der Waals surface area contributed by atoms with Crippen LogP contribution < -0.4 is 10.2 Å². The molecule has 0 spiro atoms. The van der Waals surface area contributed by atoms with E-state index < -0.39 is 15.9 Å². The minimum Gasteiger partial charge on any atom is -0.497 e. The van der Waals surface area contributed by atoms with Crippen LogP contribution in [0.3, 0.4) is 0 Å². The number of nitrogens with zero attached hydrogens (tertiary/aromatic N) is 2. The molecule has 8 heteroatoms. The van der Waals surface area contributed by atoms with Gasteiger partial charge in [-0.15, -0.1) is 0 Å². The molecule has 33 heavy (non-hydrogen) atoms. The van der Waals surface area contributed by atoms with Crippen molar-refractivity contribution in [3.8, 4) is 5.75 Å². The molecule has 1 aliphatic carbocycles. The number of aryl methyl sites for hydroxylation is 3. The molecule has 0 unspecified atom stereocenters. The van der Waals surface area contributed by atoms with E-state index in [-0.39, 0.29) is 12.6 Å². The first-order valence-corrected chi connectivity index (χ1v) is 12.7. The number of carbonyl (C=O) groups excluding carboxylic acids is 1. The third-order valence-corrected chi connectivity index (χ3v) is 8.18. The zero-order valence-electron chi connectivity index (χ0n) is 19.8. The molecule has 7 nitrogen and oxygen atoms in total. The third kappa shape index (κ3) is 6.21. The molecule has 2 aromatic carbocycles. The van der Waals surface area contributed by atoms with Gasteiger partial charge in [-0.1, -0.05) is 37.0 Å². The average Bonchev–Trinajstić information content (AvgIpc) is 2.77. The Bertz CT molecular complexity index is 1080. The van der Waals surface area contributed by atoms with Crippen molar-refractivity contribution in [3.63, 3.8) is 0 Å². The highest BCUT2D eigenvalue weighted by Crippen LogP contribution is 2.31. The van der Waals surface area contributed by atoms with E-state index in [9.17, 15) is 13.2 Å². The number of rotatable bonds is 8. The Morgan fingerprint density at radius 3 is 2.27 bits per heavy atom. The van der Waals surface area contributed by atoms with Gasteiger partial charge in [0.15, 0.2) is 0 Å². The molecule has 2 aromatic rings. The molecule has 1 amide bonds. The van der Waals surface area contributed by atoms with Gasteiger partial charge in [-0.25, -0.2) is 13.8 Å². The van der Waals surface area contributed by atoms with Gasteiger partial charge in [-0.2, -0.15) is 9.41 Å². The van der Waals surface area contributed by atoms with Gasteiger partial charge in [0.2, 0.25) is 10.0 Å². The molecule has 0 saturated heterocycles. The van der Waals surface area contributed by atoms with Crippen LogP contribution in [0.15, 0.2) is 46.4 Å². The Morgan fingerprint density at radius 1 is 1.09 bits per heavy atom. The fourth-order valence-corrected chi connectivity index (χ4v) is 6.57. The smallest absolute Gasteiger partial charge is 0.255 e. The van der Waals surface area contributed by atoms with Crippen molar-refractivity contribution >= 4 is 22.1 Å². The fraction of sp³-hybridized carbons (Fsp3) is 0.440. The predicted octanol–water partition coefficient (Wildman–Crippen LogP) is 4.09. The van der Waals surface area contributed by atoms with E-state index in [4.69, 9.17) is 4.74 Å². The van der Waals surface area contributed by atoms with Gasteiger partial charge in [-0.05, 0) is 74.6 Å². The summed E-state index contributed by atoms with van der Waals surface area (Å²) in [5.74, 6) is 0.266. The van der Waals surface area contributed by atoms with Crippen LogP contribution >= 0.6 is 0 Å². The first-order valence-electron chi connectivity index (χ1n) is 11.3. The number of amides is 1. The average molecular weight is 472 g/mol. The second-order valence-electron chi connectivity index (χ2n) is 8.64. The monoisotopic (exact) mass is 471 g/mol. The van der Waals surface area contributed by atoms with E-state index in [2.05, 4.69) is 10.5 Å². The lowest BCUT2D eigenvalue weighted by atomic mass is 9.95. The van der Waals surface area contributed by atoms with Gasteiger partial charge < -0.3 is 4.74 Å². The van der Waals surface area contributed by atoms with E-state index in [1.54, 1.807) is 19.2 Å². The molecular formula is C25H33N3O4S. The van der Waals surface area contributed by atoms with E-state index >= 15 is 0 Å². The summed E-state index contributed by atoms with van der Waals surface area (Å²) in [5, 5.41) is 4.01. The molecule has 0 bridgehead atoms. The van der Waals surface area contributed by atoms with Crippen LogP contribution in [0, 0.1) is 20.8 Å². The van der Waals surface area contributed by atoms with Gasteiger partial charge in [-0.3, -0.25) is 4.79 Å². The summed E-state index contributed by atoms with van der Waals surface area (Å²) in [6.07, 6.45) is 6.03. The normalized spacial score (nSPS) is 15.2. The predicted molar refractivity (Wildman–Crippen MR) is 130 cm³/mol. The van der Waals surface area contributed by atoms with Crippen molar-refractivity contribution in [2.75, 3.05) is 13.7 Å². The molecule has 0 atom stereocenters. The van der Waals surface area contributed by atoms with Crippen molar-refractivity contribution < 1.29 is 17.9 Å². The van der Waals surface area contributed by atoms with Crippen LogP contribution in [0.5, 0.6) is 5.75 Å². The SMILES string of the molecule is COc1ccc(C=NNC(=O)CN(C2CCCCC2)S(=O)(=O)c2c(C)cc(C)cc2C)cc1. The molecule has 1 saturated carbocycles. The zero-order chi connectivity index (χ0) is 24.0. The van der Waals surface area contributed by atoms with Crippen LogP contribution in [-0.2, 0) is 14.8 Å². The van der Waals surface area contributed by atoms with Crippen molar-refractivity contribution in [1.82, 2.24) is 9.73 Å². The summed E-state index contributed by atoms with van der Waals surface area (Å²) in [5.41, 5.74) is 5.69. The third-order valence-electron chi connectivity index (χ3n) is 5.97. The number of hydrogen-bond donors (Lipinski definition) is 1. The Labute approximate surface area is 196 Å². The lowest BCUT2D eigenvalue weighted by molar-refractivity contribution is -0.121. The highest BCUT2D eigenvalue weighted by atomic mass is 32.2. The number of benzene rings is 2. The Hall–Kier alpha value is -2.71. The topological polar surface area (TPSA) is 88.1 Å². The first kappa shape index (κ1) is 24.9. The summed E-state index contributed by atoms with van der Waals surface area (Å²) in [4.78, 5) is 13.0. The van der Waals surface area contributed by atoms with Crippen LogP contribution in [0.4, 0.5) is 0 Å². The number of carbonyl (C=O) groups is 1. The summed E-state index contributed by atoms with van der Waals surface area (Å²) in [6, 6.07) is 10.8. The van der Waals surface area contributed by atoms with Gasteiger partial charge in [0.05, 0.1) is 24.8 Å². The molecule has 0 aliphatic heterocycles. The maximum absolute atomic E-state index is 13.8. The highest BCUT2D eigenvalue weighted by molar-refractivity contribution is 7.89. The van der Waals surface area contributed by atoms with Crippen molar-refractivity contribution in [3.05, 3.63) is 58.7 Å². The number of hydrogen-bond acceptors (Lipinski definition) is 5. The molecule has 178 valence electrons. The molecule has 1 aliphatic rings. The lowest BCUT2D eigenvalue weighted by Gasteiger charge is -2.33. The van der Waals surface area contributed by atoms with E-state index in [1.807, 2.05) is 45.0 Å². The van der Waals surface area contributed by atoms with Crippen LogP contribution in [0.1, 0.15) is 54.4 Å². The van der Waals surface area contributed by atoms with E-state index in [1.165, 1.54) is 10.5 Å². The van der Waals surface area contributed by atoms with Gasteiger partial charge in [0.1, 0.15) is 5.75 Å². The van der Waals surface area contributed by atoms with Crippen molar-refractivity contribution in [1.29, 1.82) is 0 Å². The second kappa shape index (κ2) is 10.9. The second-order valence-corrected chi connectivity index (χ2v) is 10.5. The quantitative estimate of drug-likeness (QED) is 0.464. The van der Waals surface area contributed by atoms with Crippen molar-refractivity contribution in [2.24, 2.45) is 5.10 Å². The Kier molecular flexibility index (Phi) is 8.26. The van der Waals surface area contributed by atoms with Gasteiger partial charge in [0, 0.05) is 6.04 Å². The molecule has 0 radical (unpaired) electrons.